The van der Waals surface area contributed by atoms with Gasteiger partial charge in [-0.3, -0.25) is 4.90 Å². The molecule has 0 amide bonds. The number of hydrogen-bond acceptors (Lipinski definition) is 3. The maximum Gasteiger partial charge on any atom is 0.0638 e. The zero-order valence-corrected chi connectivity index (χ0v) is 8.75. The van der Waals surface area contributed by atoms with Crippen LogP contribution in [0, 0.1) is 11.3 Å². The molecule has 13 heavy (non-hydrogen) atoms. The summed E-state index contributed by atoms with van der Waals surface area (Å²) in [6.07, 6.45) is 0.634. The molecule has 1 aliphatic heterocycles. The molecule has 74 valence electrons. The molecule has 0 aliphatic carbocycles. The van der Waals surface area contributed by atoms with Gasteiger partial charge < -0.3 is 5.32 Å². The van der Waals surface area contributed by atoms with Crippen molar-refractivity contribution in [2.45, 2.75) is 45.3 Å². The number of piperazine rings is 1. The van der Waals surface area contributed by atoms with E-state index < -0.39 is 0 Å². The third kappa shape index (κ3) is 2.43. The number of nitriles is 1. The van der Waals surface area contributed by atoms with Crippen LogP contribution in [0.25, 0.3) is 0 Å². The molecule has 2 unspecified atom stereocenters. The van der Waals surface area contributed by atoms with Crippen LogP contribution >= 0.6 is 0 Å². The Hall–Kier alpha value is -0.590. The molecule has 0 aromatic heterocycles. The average molecular weight is 181 g/mol. The van der Waals surface area contributed by atoms with Gasteiger partial charge in [0.15, 0.2) is 0 Å². The first-order valence-electron chi connectivity index (χ1n) is 5.02. The van der Waals surface area contributed by atoms with Crippen molar-refractivity contribution in [3.63, 3.8) is 0 Å². The van der Waals surface area contributed by atoms with Crippen LogP contribution in [0.2, 0.25) is 0 Å². The number of hydrogen-bond donors (Lipinski definition) is 1. The van der Waals surface area contributed by atoms with E-state index >= 15 is 0 Å². The standard InChI is InChI=1S/C10H19N3/c1-8(2)13-9(3)6-12-7-10(13)4-5-11/h8-10,12H,4,6-7H2,1-3H3. The highest BCUT2D eigenvalue weighted by molar-refractivity contribution is 4.92. The molecule has 1 rings (SSSR count). The summed E-state index contributed by atoms with van der Waals surface area (Å²) in [6.45, 7) is 8.62. The summed E-state index contributed by atoms with van der Waals surface area (Å²) >= 11 is 0. The van der Waals surface area contributed by atoms with Crippen LogP contribution in [-0.4, -0.2) is 36.1 Å². The van der Waals surface area contributed by atoms with E-state index in [0.717, 1.165) is 13.1 Å². The topological polar surface area (TPSA) is 39.1 Å². The molecule has 1 saturated heterocycles. The molecule has 0 saturated carbocycles. The third-order valence-corrected chi connectivity index (χ3v) is 2.67. The van der Waals surface area contributed by atoms with Crippen molar-refractivity contribution >= 4 is 0 Å². The molecule has 0 aromatic carbocycles. The van der Waals surface area contributed by atoms with Crippen molar-refractivity contribution in [2.75, 3.05) is 13.1 Å². The highest BCUT2D eigenvalue weighted by Gasteiger charge is 2.28. The van der Waals surface area contributed by atoms with Crippen LogP contribution in [0.5, 0.6) is 0 Å². The van der Waals surface area contributed by atoms with Crippen LogP contribution in [0.3, 0.4) is 0 Å². The zero-order valence-electron chi connectivity index (χ0n) is 8.75. The van der Waals surface area contributed by atoms with Gasteiger partial charge in [0.1, 0.15) is 0 Å². The van der Waals surface area contributed by atoms with E-state index in [0.29, 0.717) is 24.5 Å². The minimum absolute atomic E-state index is 0.397. The first-order chi connectivity index (χ1) is 6.16. The van der Waals surface area contributed by atoms with Crippen LogP contribution in [0.1, 0.15) is 27.2 Å². The maximum atomic E-state index is 8.70. The Morgan fingerprint density at radius 2 is 2.23 bits per heavy atom. The predicted molar refractivity (Wildman–Crippen MR) is 53.3 cm³/mol. The Bertz CT molecular complexity index is 195. The Morgan fingerprint density at radius 3 is 2.77 bits per heavy atom. The molecule has 1 heterocycles. The predicted octanol–water partition coefficient (Wildman–Crippen LogP) is 0.971. The van der Waals surface area contributed by atoms with E-state index in [1.54, 1.807) is 0 Å². The van der Waals surface area contributed by atoms with Gasteiger partial charge in [-0.2, -0.15) is 5.26 Å². The first kappa shape index (κ1) is 10.5. The van der Waals surface area contributed by atoms with Gasteiger partial charge in [0.25, 0.3) is 0 Å². The molecule has 0 aromatic rings. The molecule has 3 nitrogen and oxygen atoms in total. The molecule has 1 aliphatic rings. The van der Waals surface area contributed by atoms with Gasteiger partial charge in [-0.15, -0.1) is 0 Å². The van der Waals surface area contributed by atoms with Crippen molar-refractivity contribution in [3.05, 3.63) is 0 Å². The van der Waals surface area contributed by atoms with Gasteiger partial charge in [0, 0.05) is 31.2 Å². The normalized spacial score (nSPS) is 30.4. The average Bonchev–Trinajstić information content (AvgIpc) is 2.04. The van der Waals surface area contributed by atoms with Crippen molar-refractivity contribution < 1.29 is 0 Å². The van der Waals surface area contributed by atoms with E-state index in [9.17, 15) is 0 Å². The summed E-state index contributed by atoms with van der Waals surface area (Å²) in [6, 6.07) is 3.74. The van der Waals surface area contributed by atoms with Crippen LogP contribution in [0.4, 0.5) is 0 Å². The van der Waals surface area contributed by atoms with Crippen molar-refractivity contribution in [1.82, 2.24) is 10.2 Å². The lowest BCUT2D eigenvalue weighted by Crippen LogP contribution is -2.58. The minimum atomic E-state index is 0.397. The van der Waals surface area contributed by atoms with Crippen molar-refractivity contribution in [3.8, 4) is 6.07 Å². The van der Waals surface area contributed by atoms with Gasteiger partial charge in [-0.05, 0) is 20.8 Å². The zero-order chi connectivity index (χ0) is 9.84. The Kier molecular flexibility index (Phi) is 3.71. The van der Waals surface area contributed by atoms with E-state index in [1.165, 1.54) is 0 Å². The second-order valence-corrected chi connectivity index (χ2v) is 4.06. The fourth-order valence-electron chi connectivity index (χ4n) is 2.24. The minimum Gasteiger partial charge on any atom is -0.314 e. The summed E-state index contributed by atoms with van der Waals surface area (Å²) < 4.78 is 0. The van der Waals surface area contributed by atoms with Crippen LogP contribution in [0.15, 0.2) is 0 Å². The maximum absolute atomic E-state index is 8.70. The molecule has 1 N–H and O–H groups in total. The summed E-state index contributed by atoms with van der Waals surface area (Å²) in [5, 5.41) is 12.1. The van der Waals surface area contributed by atoms with E-state index in [2.05, 4.69) is 37.1 Å². The van der Waals surface area contributed by atoms with Crippen molar-refractivity contribution in [1.29, 1.82) is 5.26 Å². The Labute approximate surface area is 80.7 Å². The fraction of sp³-hybridized carbons (Fsp3) is 0.900. The highest BCUT2D eigenvalue weighted by Crippen LogP contribution is 2.15. The second-order valence-electron chi connectivity index (χ2n) is 4.06. The van der Waals surface area contributed by atoms with Gasteiger partial charge in [0.05, 0.1) is 12.5 Å². The monoisotopic (exact) mass is 181 g/mol. The number of nitrogens with zero attached hydrogens (tertiary/aromatic N) is 2. The van der Waals surface area contributed by atoms with Crippen LogP contribution in [-0.2, 0) is 0 Å². The number of nitrogens with one attached hydrogen (secondary N) is 1. The Morgan fingerprint density at radius 1 is 1.54 bits per heavy atom. The largest absolute Gasteiger partial charge is 0.314 e. The summed E-state index contributed by atoms with van der Waals surface area (Å²) in [5.74, 6) is 0. The molecule has 0 radical (unpaired) electrons. The van der Waals surface area contributed by atoms with Gasteiger partial charge in [-0.25, -0.2) is 0 Å². The first-order valence-corrected chi connectivity index (χ1v) is 5.02. The van der Waals surface area contributed by atoms with E-state index in [4.69, 9.17) is 5.26 Å². The summed E-state index contributed by atoms with van der Waals surface area (Å²) in [4.78, 5) is 2.44. The van der Waals surface area contributed by atoms with Gasteiger partial charge in [-0.1, -0.05) is 0 Å². The molecule has 2 atom stereocenters. The molecule has 3 heteroatoms. The number of rotatable bonds is 2. The van der Waals surface area contributed by atoms with Gasteiger partial charge in [0.2, 0.25) is 0 Å². The lowest BCUT2D eigenvalue weighted by molar-refractivity contribution is 0.0752. The SMILES string of the molecule is CC(C)N1C(C)CNCC1CC#N. The summed E-state index contributed by atoms with van der Waals surface area (Å²) in [7, 11) is 0. The van der Waals surface area contributed by atoms with E-state index in [1.807, 2.05) is 0 Å². The third-order valence-electron chi connectivity index (χ3n) is 2.67. The summed E-state index contributed by atoms with van der Waals surface area (Å²) in [5.41, 5.74) is 0. The van der Waals surface area contributed by atoms with Crippen molar-refractivity contribution in [2.24, 2.45) is 0 Å². The molecular weight excluding hydrogens is 162 g/mol. The second kappa shape index (κ2) is 4.59. The lowest BCUT2D eigenvalue weighted by Gasteiger charge is -2.42. The Balaban J connectivity index is 2.63. The fourth-order valence-corrected chi connectivity index (χ4v) is 2.24. The molecule has 1 fully saturated rings. The highest BCUT2D eigenvalue weighted by atomic mass is 15.3. The van der Waals surface area contributed by atoms with Gasteiger partial charge >= 0.3 is 0 Å². The molecular formula is C10H19N3. The quantitative estimate of drug-likeness (QED) is 0.690. The lowest BCUT2D eigenvalue weighted by atomic mass is 10.0. The van der Waals surface area contributed by atoms with Crippen LogP contribution < -0.4 is 5.32 Å². The smallest absolute Gasteiger partial charge is 0.0638 e. The van der Waals surface area contributed by atoms with E-state index in [-0.39, 0.29) is 0 Å². The molecule has 0 spiro atoms. The molecule has 0 bridgehead atoms.